The van der Waals surface area contributed by atoms with E-state index in [1.165, 1.54) is 0 Å². The largest absolute Gasteiger partial charge is 0.379 e. The molecule has 1 saturated heterocycles. The monoisotopic (exact) mass is 450 g/mol. The van der Waals surface area contributed by atoms with Crippen molar-refractivity contribution in [3.63, 3.8) is 0 Å². The number of morpholine rings is 1. The van der Waals surface area contributed by atoms with Crippen molar-refractivity contribution in [1.29, 1.82) is 0 Å². The predicted octanol–water partition coefficient (Wildman–Crippen LogP) is 1.17. The standard InChI is InChI=1S/C16H30N6O.HI/c1-4-17-15(18-7-9-22-8-5-6-20-22)19-14-16(2,3)21-10-12-23-13-11-21;/h5-6,8H,4,7,9-14H2,1-3H3,(H2,17,18,19);1H. The molecule has 2 N–H and O–H groups in total. The number of halogens is 1. The average molecular weight is 450 g/mol. The summed E-state index contributed by atoms with van der Waals surface area (Å²) in [5.74, 6) is 0.862. The van der Waals surface area contributed by atoms with Gasteiger partial charge in [-0.2, -0.15) is 5.10 Å². The van der Waals surface area contributed by atoms with Crippen LogP contribution in [0, 0.1) is 0 Å². The van der Waals surface area contributed by atoms with Crippen molar-refractivity contribution >= 4 is 29.9 Å². The molecule has 0 saturated carbocycles. The van der Waals surface area contributed by atoms with Crippen LogP contribution in [-0.4, -0.2) is 72.1 Å². The van der Waals surface area contributed by atoms with Gasteiger partial charge in [-0.05, 0) is 26.8 Å². The van der Waals surface area contributed by atoms with Gasteiger partial charge in [-0.15, -0.1) is 24.0 Å². The molecule has 0 bridgehead atoms. The molecule has 1 aliphatic heterocycles. The molecule has 138 valence electrons. The van der Waals surface area contributed by atoms with Crippen molar-refractivity contribution in [3.05, 3.63) is 18.5 Å². The molecule has 1 aliphatic rings. The third-order valence-corrected chi connectivity index (χ3v) is 4.03. The van der Waals surface area contributed by atoms with Gasteiger partial charge in [0.2, 0.25) is 0 Å². The number of hydrogen-bond donors (Lipinski definition) is 2. The number of guanidine groups is 1. The maximum absolute atomic E-state index is 5.44. The van der Waals surface area contributed by atoms with Gasteiger partial charge in [-0.1, -0.05) is 0 Å². The zero-order valence-corrected chi connectivity index (χ0v) is 17.3. The minimum atomic E-state index is 0. The molecule has 2 rings (SSSR count). The van der Waals surface area contributed by atoms with Gasteiger partial charge in [0.25, 0.3) is 0 Å². The van der Waals surface area contributed by atoms with Crippen LogP contribution >= 0.6 is 24.0 Å². The van der Waals surface area contributed by atoms with Gasteiger partial charge in [0.15, 0.2) is 5.96 Å². The van der Waals surface area contributed by atoms with Gasteiger partial charge in [-0.25, -0.2) is 0 Å². The minimum Gasteiger partial charge on any atom is -0.379 e. The molecule has 0 amide bonds. The van der Waals surface area contributed by atoms with Crippen molar-refractivity contribution in [1.82, 2.24) is 25.3 Å². The Morgan fingerprint density at radius 2 is 2.04 bits per heavy atom. The number of ether oxygens (including phenoxy) is 1. The van der Waals surface area contributed by atoms with E-state index in [4.69, 9.17) is 9.73 Å². The SMILES string of the molecule is CCNC(=NCC(C)(C)N1CCOCC1)NCCn1cccn1.I. The highest BCUT2D eigenvalue weighted by atomic mass is 127. The number of hydrogen-bond acceptors (Lipinski definition) is 4. The lowest BCUT2D eigenvalue weighted by Gasteiger charge is -2.39. The Morgan fingerprint density at radius 1 is 1.29 bits per heavy atom. The predicted molar refractivity (Wildman–Crippen MR) is 108 cm³/mol. The van der Waals surface area contributed by atoms with E-state index in [0.717, 1.165) is 58.4 Å². The summed E-state index contributed by atoms with van der Waals surface area (Å²) in [4.78, 5) is 7.21. The molecular weight excluding hydrogens is 419 g/mol. The highest BCUT2D eigenvalue weighted by Crippen LogP contribution is 2.16. The van der Waals surface area contributed by atoms with E-state index in [2.05, 4.69) is 41.4 Å². The topological polar surface area (TPSA) is 66.7 Å². The molecule has 0 atom stereocenters. The molecule has 2 heterocycles. The molecule has 1 fully saturated rings. The fraction of sp³-hybridized carbons (Fsp3) is 0.750. The van der Waals surface area contributed by atoms with Gasteiger partial charge in [0.05, 0.1) is 26.3 Å². The summed E-state index contributed by atoms with van der Waals surface area (Å²) in [5.41, 5.74) is 0.0358. The Hall–Kier alpha value is -0.870. The fourth-order valence-electron chi connectivity index (χ4n) is 2.60. The zero-order chi connectivity index (χ0) is 16.5. The second kappa shape index (κ2) is 10.9. The highest BCUT2D eigenvalue weighted by molar-refractivity contribution is 14.0. The maximum atomic E-state index is 5.44. The molecule has 24 heavy (non-hydrogen) atoms. The summed E-state index contributed by atoms with van der Waals surface area (Å²) in [6, 6.07) is 1.93. The lowest BCUT2D eigenvalue weighted by molar-refractivity contribution is -0.00683. The first-order chi connectivity index (χ1) is 11.1. The van der Waals surface area contributed by atoms with Crippen LogP contribution in [0.2, 0.25) is 0 Å². The van der Waals surface area contributed by atoms with Crippen molar-refractivity contribution in [3.8, 4) is 0 Å². The lowest BCUT2D eigenvalue weighted by Crippen LogP contribution is -2.52. The fourth-order valence-corrected chi connectivity index (χ4v) is 2.60. The molecule has 0 unspecified atom stereocenters. The van der Waals surface area contributed by atoms with Crippen LogP contribution < -0.4 is 10.6 Å². The van der Waals surface area contributed by atoms with Crippen LogP contribution in [0.3, 0.4) is 0 Å². The van der Waals surface area contributed by atoms with Crippen molar-refractivity contribution in [2.45, 2.75) is 32.9 Å². The number of aliphatic imine (C=N–C) groups is 1. The zero-order valence-electron chi connectivity index (χ0n) is 15.0. The Kier molecular flexibility index (Phi) is 9.60. The molecule has 7 nitrogen and oxygen atoms in total. The third-order valence-electron chi connectivity index (χ3n) is 4.03. The summed E-state index contributed by atoms with van der Waals surface area (Å²) in [7, 11) is 0. The number of nitrogens with one attached hydrogen (secondary N) is 2. The van der Waals surface area contributed by atoms with E-state index in [0.29, 0.717) is 0 Å². The normalized spacial score (nSPS) is 16.5. The van der Waals surface area contributed by atoms with Crippen LogP contribution in [-0.2, 0) is 11.3 Å². The first kappa shape index (κ1) is 21.2. The van der Waals surface area contributed by atoms with E-state index in [-0.39, 0.29) is 29.5 Å². The Balaban J connectivity index is 0.00000288. The molecule has 0 spiro atoms. The van der Waals surface area contributed by atoms with Gasteiger partial charge >= 0.3 is 0 Å². The smallest absolute Gasteiger partial charge is 0.191 e. The second-order valence-corrected chi connectivity index (χ2v) is 6.30. The molecule has 8 heteroatoms. The summed E-state index contributed by atoms with van der Waals surface area (Å²) in [5, 5.41) is 10.9. The van der Waals surface area contributed by atoms with Gasteiger partial charge in [0, 0.05) is 44.1 Å². The molecule has 0 aromatic carbocycles. The summed E-state index contributed by atoms with van der Waals surface area (Å²) in [6.45, 7) is 13.4. The first-order valence-electron chi connectivity index (χ1n) is 8.44. The average Bonchev–Trinajstić information content (AvgIpc) is 3.07. The number of nitrogens with zero attached hydrogens (tertiary/aromatic N) is 4. The van der Waals surface area contributed by atoms with Crippen LogP contribution in [0.1, 0.15) is 20.8 Å². The van der Waals surface area contributed by atoms with Crippen molar-refractivity contribution in [2.24, 2.45) is 4.99 Å². The third kappa shape index (κ3) is 6.94. The Morgan fingerprint density at radius 3 is 2.67 bits per heavy atom. The van der Waals surface area contributed by atoms with Crippen LogP contribution in [0.15, 0.2) is 23.5 Å². The van der Waals surface area contributed by atoms with E-state index in [9.17, 15) is 0 Å². The van der Waals surface area contributed by atoms with E-state index >= 15 is 0 Å². The maximum Gasteiger partial charge on any atom is 0.191 e. The molecule has 0 aliphatic carbocycles. The number of aromatic nitrogens is 2. The Labute approximate surface area is 162 Å². The quantitative estimate of drug-likeness (QED) is 0.371. The lowest BCUT2D eigenvalue weighted by atomic mass is 10.0. The van der Waals surface area contributed by atoms with Gasteiger partial charge in [-0.3, -0.25) is 14.6 Å². The first-order valence-corrected chi connectivity index (χ1v) is 8.44. The van der Waals surface area contributed by atoms with Gasteiger partial charge < -0.3 is 15.4 Å². The second-order valence-electron chi connectivity index (χ2n) is 6.30. The highest BCUT2D eigenvalue weighted by Gasteiger charge is 2.27. The van der Waals surface area contributed by atoms with E-state index in [1.807, 2.05) is 16.9 Å². The van der Waals surface area contributed by atoms with Gasteiger partial charge in [0.1, 0.15) is 0 Å². The molecule has 1 aromatic heterocycles. The summed E-state index contributed by atoms with van der Waals surface area (Å²) < 4.78 is 7.35. The van der Waals surface area contributed by atoms with Crippen LogP contribution in [0.5, 0.6) is 0 Å². The molecule has 1 aromatic rings. The Bertz CT molecular complexity index is 471. The van der Waals surface area contributed by atoms with Crippen LogP contribution in [0.25, 0.3) is 0 Å². The number of rotatable bonds is 7. The molecule has 0 radical (unpaired) electrons. The summed E-state index contributed by atoms with van der Waals surface area (Å²) in [6.07, 6.45) is 3.76. The van der Waals surface area contributed by atoms with Crippen molar-refractivity contribution < 1.29 is 4.74 Å². The van der Waals surface area contributed by atoms with Crippen molar-refractivity contribution in [2.75, 3.05) is 45.9 Å². The van der Waals surface area contributed by atoms with E-state index < -0.39 is 0 Å². The molecular formula is C16H31IN6O. The van der Waals surface area contributed by atoms with E-state index in [1.54, 1.807) is 6.20 Å². The minimum absolute atomic E-state index is 0. The van der Waals surface area contributed by atoms with Crippen LogP contribution in [0.4, 0.5) is 0 Å². The summed E-state index contributed by atoms with van der Waals surface area (Å²) >= 11 is 0.